The Bertz CT molecular complexity index is 1320. The predicted octanol–water partition coefficient (Wildman–Crippen LogP) is 3.51. The molecule has 0 atom stereocenters. The van der Waals surface area contributed by atoms with E-state index in [9.17, 15) is 0 Å². The number of hydrogen-bond donors (Lipinski definition) is 2. The first-order valence-corrected chi connectivity index (χ1v) is 12.0. The Kier molecular flexibility index (Phi) is 5.30. The summed E-state index contributed by atoms with van der Waals surface area (Å²) < 4.78 is 0. The minimum absolute atomic E-state index is 0.316. The number of nitrogens with zero attached hydrogens (tertiary/aromatic N) is 6. The summed E-state index contributed by atoms with van der Waals surface area (Å²) in [5.41, 5.74) is 12.9. The van der Waals surface area contributed by atoms with E-state index in [0.717, 1.165) is 60.6 Å². The molecule has 8 nitrogen and oxygen atoms in total. The number of nitrogens with one attached hydrogen (secondary N) is 1. The molecule has 0 bridgehead atoms. The molecular weight excluding hydrogens is 424 g/mol. The molecule has 34 heavy (non-hydrogen) atoms. The molecule has 0 amide bonds. The topological polar surface area (TPSA) is 107 Å². The van der Waals surface area contributed by atoms with Gasteiger partial charge in [-0.3, -0.25) is 0 Å². The fourth-order valence-corrected chi connectivity index (χ4v) is 5.09. The highest BCUT2D eigenvalue weighted by Crippen LogP contribution is 2.42. The maximum Gasteiger partial charge on any atom is 0.204 e. The van der Waals surface area contributed by atoms with Crippen molar-refractivity contribution in [1.29, 1.82) is 0 Å². The van der Waals surface area contributed by atoms with Crippen molar-refractivity contribution in [2.45, 2.75) is 50.6 Å². The summed E-state index contributed by atoms with van der Waals surface area (Å²) in [6.45, 7) is 0. The lowest BCUT2D eigenvalue weighted by Crippen LogP contribution is -2.33. The van der Waals surface area contributed by atoms with Crippen LogP contribution in [0.15, 0.2) is 48.5 Å². The van der Waals surface area contributed by atoms with Gasteiger partial charge >= 0.3 is 0 Å². The fourth-order valence-electron chi connectivity index (χ4n) is 5.09. The van der Waals surface area contributed by atoms with Gasteiger partial charge in [0.05, 0.1) is 12.7 Å². The van der Waals surface area contributed by atoms with Gasteiger partial charge in [0, 0.05) is 36.1 Å². The van der Waals surface area contributed by atoms with Crippen molar-refractivity contribution >= 4 is 5.82 Å². The number of fused-ring (bicyclic) bond motifs is 3. The van der Waals surface area contributed by atoms with Crippen LogP contribution >= 0.6 is 0 Å². The Labute approximate surface area is 198 Å². The van der Waals surface area contributed by atoms with Crippen LogP contribution < -0.4 is 11.1 Å². The second-order valence-corrected chi connectivity index (χ2v) is 9.38. The van der Waals surface area contributed by atoms with E-state index >= 15 is 0 Å². The molecule has 1 saturated carbocycles. The number of aromatic nitrogens is 6. The minimum atomic E-state index is 0.316. The van der Waals surface area contributed by atoms with Gasteiger partial charge in [-0.15, -0.1) is 10.2 Å². The number of tetrazole rings is 1. The van der Waals surface area contributed by atoms with Crippen LogP contribution in [0.3, 0.4) is 0 Å². The SMILES string of the molecule is Cn1nnc(-c2ccc3c(c2)Cc2nc(Cc4ccccc4)nc(NC4CCC(N)CC4)c2-3)n1. The molecule has 2 heterocycles. The third-order valence-electron chi connectivity index (χ3n) is 6.85. The molecule has 2 aromatic carbocycles. The van der Waals surface area contributed by atoms with E-state index in [-0.39, 0.29) is 0 Å². The Morgan fingerprint density at radius 3 is 2.62 bits per heavy atom. The van der Waals surface area contributed by atoms with Crippen molar-refractivity contribution in [1.82, 2.24) is 30.2 Å². The molecule has 172 valence electrons. The molecule has 2 aliphatic rings. The number of anilines is 1. The van der Waals surface area contributed by atoms with Crippen LogP contribution in [0, 0.1) is 0 Å². The van der Waals surface area contributed by atoms with E-state index in [1.54, 1.807) is 7.05 Å². The van der Waals surface area contributed by atoms with E-state index in [0.29, 0.717) is 24.3 Å². The Morgan fingerprint density at radius 1 is 1.03 bits per heavy atom. The van der Waals surface area contributed by atoms with Gasteiger partial charge in [-0.25, -0.2) is 9.97 Å². The Morgan fingerprint density at radius 2 is 1.85 bits per heavy atom. The quantitative estimate of drug-likeness (QED) is 0.420. The molecule has 0 unspecified atom stereocenters. The summed E-state index contributed by atoms with van der Waals surface area (Å²) >= 11 is 0. The molecule has 0 aliphatic heterocycles. The zero-order valence-corrected chi connectivity index (χ0v) is 19.3. The van der Waals surface area contributed by atoms with Crippen LogP contribution in [0.25, 0.3) is 22.5 Å². The number of nitrogens with two attached hydrogens (primary N) is 1. The lowest BCUT2D eigenvalue weighted by Gasteiger charge is -2.28. The summed E-state index contributed by atoms with van der Waals surface area (Å²) in [6.07, 6.45) is 5.71. The van der Waals surface area contributed by atoms with Crippen LogP contribution in [-0.4, -0.2) is 42.3 Å². The number of benzene rings is 2. The van der Waals surface area contributed by atoms with Gasteiger partial charge in [0.1, 0.15) is 11.6 Å². The van der Waals surface area contributed by atoms with E-state index in [4.69, 9.17) is 15.7 Å². The lowest BCUT2D eigenvalue weighted by atomic mass is 9.91. The van der Waals surface area contributed by atoms with E-state index < -0.39 is 0 Å². The third kappa shape index (κ3) is 4.05. The minimum Gasteiger partial charge on any atom is -0.367 e. The van der Waals surface area contributed by atoms with Crippen LogP contribution in [-0.2, 0) is 19.9 Å². The lowest BCUT2D eigenvalue weighted by molar-refractivity contribution is 0.410. The first-order chi connectivity index (χ1) is 16.6. The van der Waals surface area contributed by atoms with Gasteiger partial charge in [-0.2, -0.15) is 4.80 Å². The standard InChI is InChI=1S/C26H28N8/c1-34-32-25(31-33-34)17-7-12-21-18(14-17)15-22-24(21)26(28-20-10-8-19(27)9-11-20)30-23(29-22)13-16-5-3-2-4-6-16/h2-7,12,14,19-20H,8-11,13,15,27H2,1H3,(H,28,29,30). The third-order valence-corrected chi connectivity index (χ3v) is 6.85. The zero-order valence-electron chi connectivity index (χ0n) is 19.3. The number of aryl methyl sites for hydroxylation is 1. The van der Waals surface area contributed by atoms with Gasteiger partial charge in [-0.1, -0.05) is 42.5 Å². The second-order valence-electron chi connectivity index (χ2n) is 9.38. The second kappa shape index (κ2) is 8.61. The van der Waals surface area contributed by atoms with E-state index in [2.05, 4.69) is 63.2 Å². The van der Waals surface area contributed by atoms with Crippen molar-refractivity contribution in [3.8, 4) is 22.5 Å². The summed E-state index contributed by atoms with van der Waals surface area (Å²) in [5, 5.41) is 16.3. The molecular formula is C26H28N8. The van der Waals surface area contributed by atoms with Crippen LogP contribution in [0.5, 0.6) is 0 Å². The maximum absolute atomic E-state index is 6.15. The fraction of sp³-hybridized carbons (Fsp3) is 0.346. The van der Waals surface area contributed by atoms with Crippen molar-refractivity contribution in [3.05, 3.63) is 71.2 Å². The van der Waals surface area contributed by atoms with E-state index in [1.165, 1.54) is 21.5 Å². The van der Waals surface area contributed by atoms with Gasteiger partial charge in [0.25, 0.3) is 0 Å². The molecule has 4 aromatic rings. The smallest absolute Gasteiger partial charge is 0.204 e. The van der Waals surface area contributed by atoms with Gasteiger partial charge in [0.15, 0.2) is 0 Å². The predicted molar refractivity (Wildman–Crippen MR) is 131 cm³/mol. The van der Waals surface area contributed by atoms with Gasteiger partial charge in [0.2, 0.25) is 5.82 Å². The van der Waals surface area contributed by atoms with Crippen LogP contribution in [0.2, 0.25) is 0 Å². The van der Waals surface area contributed by atoms with Crippen molar-refractivity contribution in [2.75, 3.05) is 5.32 Å². The molecule has 1 fully saturated rings. The monoisotopic (exact) mass is 452 g/mol. The molecule has 2 aromatic heterocycles. The zero-order chi connectivity index (χ0) is 23.1. The highest BCUT2D eigenvalue weighted by molar-refractivity contribution is 5.85. The summed E-state index contributed by atoms with van der Waals surface area (Å²) in [4.78, 5) is 11.5. The van der Waals surface area contributed by atoms with Crippen molar-refractivity contribution in [2.24, 2.45) is 12.8 Å². The number of rotatable bonds is 5. The Hall–Kier alpha value is -3.65. The molecule has 6 rings (SSSR count). The number of hydrogen-bond acceptors (Lipinski definition) is 7. The molecule has 0 spiro atoms. The van der Waals surface area contributed by atoms with E-state index in [1.807, 2.05) is 6.07 Å². The molecule has 0 saturated heterocycles. The largest absolute Gasteiger partial charge is 0.367 e. The molecule has 2 aliphatic carbocycles. The summed E-state index contributed by atoms with van der Waals surface area (Å²) in [7, 11) is 1.78. The summed E-state index contributed by atoms with van der Waals surface area (Å²) in [6, 6.07) is 17.5. The summed E-state index contributed by atoms with van der Waals surface area (Å²) in [5.74, 6) is 2.43. The Balaban J connectivity index is 1.37. The van der Waals surface area contributed by atoms with Crippen LogP contribution in [0.1, 0.15) is 48.3 Å². The van der Waals surface area contributed by atoms with Gasteiger partial charge in [-0.05, 0) is 53.7 Å². The van der Waals surface area contributed by atoms with Crippen LogP contribution in [0.4, 0.5) is 5.82 Å². The highest BCUT2D eigenvalue weighted by atomic mass is 15.6. The highest BCUT2D eigenvalue weighted by Gasteiger charge is 2.28. The van der Waals surface area contributed by atoms with Crippen molar-refractivity contribution in [3.63, 3.8) is 0 Å². The van der Waals surface area contributed by atoms with Crippen molar-refractivity contribution < 1.29 is 0 Å². The first kappa shape index (κ1) is 20.9. The molecule has 3 N–H and O–H groups in total. The molecule has 0 radical (unpaired) electrons. The maximum atomic E-state index is 6.15. The average molecular weight is 453 g/mol. The molecule has 8 heteroatoms. The first-order valence-electron chi connectivity index (χ1n) is 12.0. The normalized spacial score (nSPS) is 19.0. The average Bonchev–Trinajstić information content (AvgIpc) is 3.44. The van der Waals surface area contributed by atoms with Gasteiger partial charge < -0.3 is 11.1 Å².